The van der Waals surface area contributed by atoms with Crippen molar-refractivity contribution in [2.45, 2.75) is 12.8 Å². The number of carbonyl (C=O) groups excluding carboxylic acids is 1. The van der Waals surface area contributed by atoms with Crippen LogP contribution < -0.4 is 10.1 Å². The quantitative estimate of drug-likeness (QED) is 0.724. The number of amides is 1. The maximum absolute atomic E-state index is 12.2. The predicted molar refractivity (Wildman–Crippen MR) is 85.9 cm³/mol. The van der Waals surface area contributed by atoms with Crippen molar-refractivity contribution in [3.05, 3.63) is 42.5 Å². The number of tetrazole rings is 1. The van der Waals surface area contributed by atoms with Gasteiger partial charge in [0.2, 0.25) is 5.91 Å². The van der Waals surface area contributed by atoms with E-state index in [1.54, 1.807) is 36.2 Å². The predicted octanol–water partition coefficient (Wildman–Crippen LogP) is 0.976. The molecule has 1 N–H and O–H groups in total. The molecule has 0 aliphatic heterocycles. The number of anilines is 1. The average molecular weight is 327 g/mol. The topological polar surface area (TPSA) is 99.8 Å². The summed E-state index contributed by atoms with van der Waals surface area (Å²) in [5, 5.41) is 18.0. The van der Waals surface area contributed by atoms with E-state index in [4.69, 9.17) is 4.74 Å². The van der Waals surface area contributed by atoms with E-state index in [-0.39, 0.29) is 5.91 Å². The normalized spacial score (nSPS) is 10.6. The summed E-state index contributed by atoms with van der Waals surface area (Å²) in [5.74, 6) is 0.511. The molecular weight excluding hydrogens is 310 g/mol. The van der Waals surface area contributed by atoms with Crippen LogP contribution in [0.3, 0.4) is 0 Å². The summed E-state index contributed by atoms with van der Waals surface area (Å²) in [6, 6.07) is 7.20. The minimum absolute atomic E-state index is 0.0906. The molecular formula is C15H17N7O2. The van der Waals surface area contributed by atoms with Crippen LogP contribution in [0.25, 0.3) is 5.69 Å². The zero-order chi connectivity index (χ0) is 16.9. The Balaban J connectivity index is 1.71. The molecule has 2 aromatic heterocycles. The van der Waals surface area contributed by atoms with Gasteiger partial charge in [0.25, 0.3) is 0 Å². The second kappa shape index (κ2) is 6.90. The highest BCUT2D eigenvalue weighted by atomic mass is 16.5. The highest BCUT2D eigenvalue weighted by Crippen LogP contribution is 2.23. The number of ether oxygens (including phenoxy) is 1. The number of aromatic nitrogens is 6. The van der Waals surface area contributed by atoms with E-state index in [9.17, 15) is 4.79 Å². The van der Waals surface area contributed by atoms with E-state index in [0.717, 1.165) is 5.69 Å². The fourth-order valence-corrected chi connectivity index (χ4v) is 2.30. The monoisotopic (exact) mass is 327 g/mol. The third-order valence-electron chi connectivity index (χ3n) is 3.55. The molecule has 9 nitrogen and oxygen atoms in total. The summed E-state index contributed by atoms with van der Waals surface area (Å²) in [4.78, 5) is 12.2. The van der Waals surface area contributed by atoms with Gasteiger partial charge >= 0.3 is 0 Å². The van der Waals surface area contributed by atoms with E-state index in [1.165, 1.54) is 11.0 Å². The van der Waals surface area contributed by atoms with Gasteiger partial charge in [0.15, 0.2) is 0 Å². The zero-order valence-corrected chi connectivity index (χ0v) is 13.4. The minimum atomic E-state index is -0.0906. The van der Waals surface area contributed by atoms with Gasteiger partial charge in [-0.15, -0.1) is 5.10 Å². The molecule has 0 saturated heterocycles. The van der Waals surface area contributed by atoms with Crippen molar-refractivity contribution in [3.8, 4) is 11.4 Å². The highest BCUT2D eigenvalue weighted by Gasteiger charge is 2.09. The van der Waals surface area contributed by atoms with Crippen LogP contribution in [0.4, 0.5) is 5.69 Å². The van der Waals surface area contributed by atoms with Crippen molar-refractivity contribution in [3.63, 3.8) is 0 Å². The van der Waals surface area contributed by atoms with Crippen molar-refractivity contribution >= 4 is 11.6 Å². The van der Waals surface area contributed by atoms with Gasteiger partial charge in [-0.1, -0.05) is 0 Å². The number of hydrogen-bond acceptors (Lipinski definition) is 6. The van der Waals surface area contributed by atoms with Crippen LogP contribution in [-0.2, 0) is 18.3 Å². The molecule has 0 radical (unpaired) electrons. The summed E-state index contributed by atoms with van der Waals surface area (Å²) in [6.45, 7) is 0. The zero-order valence-electron chi connectivity index (χ0n) is 13.4. The second-order valence-electron chi connectivity index (χ2n) is 5.17. The molecule has 0 fully saturated rings. The lowest BCUT2D eigenvalue weighted by atomic mass is 10.2. The van der Waals surface area contributed by atoms with Crippen molar-refractivity contribution in [1.82, 2.24) is 30.0 Å². The van der Waals surface area contributed by atoms with Crippen LogP contribution in [0.5, 0.6) is 5.75 Å². The van der Waals surface area contributed by atoms with Crippen LogP contribution in [-0.4, -0.2) is 43.0 Å². The Kier molecular flexibility index (Phi) is 4.50. The largest absolute Gasteiger partial charge is 0.497 e. The molecule has 3 rings (SSSR count). The smallest absolute Gasteiger partial charge is 0.224 e. The standard InChI is InChI=1S/C15H17N7O2/c1-21-12(5-6-17-21)3-4-15(23)18-11-7-13(9-14(8-11)24-2)22-10-16-19-20-22/h5-10H,3-4H2,1-2H3,(H,18,23). The summed E-state index contributed by atoms with van der Waals surface area (Å²) in [5.41, 5.74) is 2.32. The van der Waals surface area contributed by atoms with E-state index in [1.807, 2.05) is 13.1 Å². The molecule has 1 aromatic carbocycles. The van der Waals surface area contributed by atoms with Gasteiger partial charge in [-0.3, -0.25) is 9.48 Å². The van der Waals surface area contributed by atoms with Crippen molar-refractivity contribution in [1.29, 1.82) is 0 Å². The minimum Gasteiger partial charge on any atom is -0.497 e. The molecule has 124 valence electrons. The molecule has 0 aliphatic rings. The third kappa shape index (κ3) is 3.57. The van der Waals surface area contributed by atoms with Crippen molar-refractivity contribution < 1.29 is 9.53 Å². The van der Waals surface area contributed by atoms with Gasteiger partial charge < -0.3 is 10.1 Å². The molecule has 24 heavy (non-hydrogen) atoms. The number of carbonyl (C=O) groups is 1. The lowest BCUT2D eigenvalue weighted by molar-refractivity contribution is -0.116. The van der Waals surface area contributed by atoms with Crippen LogP contribution in [0.15, 0.2) is 36.8 Å². The first-order valence-corrected chi connectivity index (χ1v) is 7.35. The van der Waals surface area contributed by atoms with Crippen LogP contribution in [0.1, 0.15) is 12.1 Å². The molecule has 0 saturated carbocycles. The van der Waals surface area contributed by atoms with Gasteiger partial charge in [0.1, 0.15) is 12.1 Å². The fraction of sp³-hybridized carbons (Fsp3) is 0.267. The lowest BCUT2D eigenvalue weighted by Gasteiger charge is -2.10. The van der Waals surface area contributed by atoms with Gasteiger partial charge in [0.05, 0.1) is 12.8 Å². The Morgan fingerprint density at radius 1 is 1.33 bits per heavy atom. The molecule has 0 atom stereocenters. The number of nitrogens with zero attached hydrogens (tertiary/aromatic N) is 6. The first-order chi connectivity index (χ1) is 11.7. The molecule has 0 unspecified atom stereocenters. The Morgan fingerprint density at radius 3 is 2.88 bits per heavy atom. The van der Waals surface area contributed by atoms with E-state index >= 15 is 0 Å². The third-order valence-corrected chi connectivity index (χ3v) is 3.55. The van der Waals surface area contributed by atoms with Crippen LogP contribution in [0, 0.1) is 0 Å². The maximum Gasteiger partial charge on any atom is 0.224 e. The Bertz CT molecular complexity index is 826. The van der Waals surface area contributed by atoms with Gasteiger partial charge in [-0.05, 0) is 29.0 Å². The number of nitrogens with one attached hydrogen (secondary N) is 1. The fourth-order valence-electron chi connectivity index (χ4n) is 2.30. The average Bonchev–Trinajstić information content (AvgIpc) is 3.24. The van der Waals surface area contributed by atoms with Crippen LogP contribution in [0.2, 0.25) is 0 Å². The molecule has 3 aromatic rings. The summed E-state index contributed by atoms with van der Waals surface area (Å²) < 4.78 is 8.52. The molecule has 9 heteroatoms. The number of aryl methyl sites for hydroxylation is 2. The number of benzene rings is 1. The number of methoxy groups -OCH3 is 1. The Morgan fingerprint density at radius 2 is 2.21 bits per heavy atom. The van der Waals surface area contributed by atoms with Crippen molar-refractivity contribution in [2.75, 3.05) is 12.4 Å². The molecule has 0 spiro atoms. The molecule has 1 amide bonds. The maximum atomic E-state index is 12.2. The van der Waals surface area contributed by atoms with Crippen LogP contribution >= 0.6 is 0 Å². The van der Waals surface area contributed by atoms with Crippen molar-refractivity contribution in [2.24, 2.45) is 7.05 Å². The lowest BCUT2D eigenvalue weighted by Crippen LogP contribution is -2.13. The SMILES string of the molecule is COc1cc(NC(=O)CCc2ccnn2C)cc(-n2cnnn2)c1. The summed E-state index contributed by atoms with van der Waals surface area (Å²) in [6.07, 6.45) is 4.17. The first kappa shape index (κ1) is 15.7. The number of hydrogen-bond donors (Lipinski definition) is 1. The molecule has 0 aliphatic carbocycles. The Hall–Kier alpha value is -3.23. The van der Waals surface area contributed by atoms with E-state index in [2.05, 4.69) is 25.9 Å². The first-order valence-electron chi connectivity index (χ1n) is 7.35. The summed E-state index contributed by atoms with van der Waals surface area (Å²) in [7, 11) is 3.42. The Labute approximate surface area is 138 Å². The second-order valence-corrected chi connectivity index (χ2v) is 5.17. The van der Waals surface area contributed by atoms with E-state index in [0.29, 0.717) is 30.0 Å². The number of rotatable bonds is 6. The van der Waals surface area contributed by atoms with E-state index < -0.39 is 0 Å². The van der Waals surface area contributed by atoms with Gasteiger partial charge in [-0.25, -0.2) is 4.68 Å². The highest BCUT2D eigenvalue weighted by molar-refractivity contribution is 5.91. The summed E-state index contributed by atoms with van der Waals surface area (Å²) >= 11 is 0. The van der Waals surface area contributed by atoms with Gasteiger partial charge in [-0.2, -0.15) is 5.10 Å². The van der Waals surface area contributed by atoms with Gasteiger partial charge in [0, 0.05) is 43.2 Å². The molecule has 0 bridgehead atoms. The molecule has 2 heterocycles.